The fourth-order valence-corrected chi connectivity index (χ4v) is 3.18. The maximum absolute atomic E-state index is 5.69. The lowest BCUT2D eigenvalue weighted by Gasteiger charge is -2.16. The van der Waals surface area contributed by atoms with Gasteiger partial charge in [0.05, 0.1) is 7.11 Å². The number of allylic oxidation sites excluding steroid dienone is 4. The summed E-state index contributed by atoms with van der Waals surface area (Å²) in [5.74, 6) is 0.918. The fraction of sp³-hybridized carbons (Fsp3) is 0.182. The molecule has 2 aromatic carbocycles. The van der Waals surface area contributed by atoms with Crippen molar-refractivity contribution in [3.05, 3.63) is 89.0 Å². The monoisotopic (exact) mass is 302 g/mol. The van der Waals surface area contributed by atoms with E-state index in [4.69, 9.17) is 4.74 Å². The van der Waals surface area contributed by atoms with Gasteiger partial charge in [0.2, 0.25) is 0 Å². The molecule has 0 fully saturated rings. The Morgan fingerprint density at radius 2 is 2.00 bits per heavy atom. The molecule has 0 radical (unpaired) electrons. The van der Waals surface area contributed by atoms with Crippen molar-refractivity contribution in [2.24, 2.45) is 0 Å². The Bertz CT molecular complexity index is 822. The molecule has 0 spiro atoms. The van der Waals surface area contributed by atoms with E-state index >= 15 is 0 Å². The van der Waals surface area contributed by atoms with Crippen LogP contribution in [0.3, 0.4) is 0 Å². The zero-order valence-electron chi connectivity index (χ0n) is 14.0. The summed E-state index contributed by atoms with van der Waals surface area (Å²) in [4.78, 5) is 0. The van der Waals surface area contributed by atoms with Crippen LogP contribution in [0, 0.1) is 6.92 Å². The minimum Gasteiger partial charge on any atom is -0.496 e. The molecule has 0 saturated heterocycles. The highest BCUT2D eigenvalue weighted by atomic mass is 16.5. The number of hydrogen-bond acceptors (Lipinski definition) is 1. The summed E-state index contributed by atoms with van der Waals surface area (Å²) in [6.45, 7) is 8.17. The second-order valence-electron chi connectivity index (χ2n) is 5.99. The summed E-state index contributed by atoms with van der Waals surface area (Å²) in [6, 6.07) is 13.0. The van der Waals surface area contributed by atoms with Gasteiger partial charge in [-0.3, -0.25) is 0 Å². The van der Waals surface area contributed by atoms with E-state index < -0.39 is 0 Å². The van der Waals surface area contributed by atoms with E-state index in [1.54, 1.807) is 7.11 Å². The van der Waals surface area contributed by atoms with Crippen molar-refractivity contribution in [3.8, 4) is 5.75 Å². The summed E-state index contributed by atoms with van der Waals surface area (Å²) in [7, 11) is 1.74. The minimum atomic E-state index is 0.918. The SMILES string of the molecule is C=C/C=C(/c1cccc(C)c1)c1cc2c(cc1OC)CC=C2C. The lowest BCUT2D eigenvalue weighted by atomic mass is 9.92. The first-order chi connectivity index (χ1) is 11.1. The molecule has 0 aliphatic heterocycles. The van der Waals surface area contributed by atoms with Crippen LogP contribution in [0.2, 0.25) is 0 Å². The molecule has 2 aromatic rings. The van der Waals surface area contributed by atoms with E-state index in [0.29, 0.717) is 0 Å². The summed E-state index contributed by atoms with van der Waals surface area (Å²) in [5.41, 5.74) is 8.69. The Kier molecular flexibility index (Phi) is 4.20. The first-order valence-corrected chi connectivity index (χ1v) is 7.92. The Labute approximate surface area is 138 Å². The van der Waals surface area contributed by atoms with Crippen LogP contribution in [0.25, 0.3) is 11.1 Å². The first-order valence-electron chi connectivity index (χ1n) is 7.92. The summed E-state index contributed by atoms with van der Waals surface area (Å²) in [5, 5.41) is 0. The van der Waals surface area contributed by atoms with Gasteiger partial charge in [-0.1, -0.05) is 54.6 Å². The van der Waals surface area contributed by atoms with Crippen molar-refractivity contribution in [1.29, 1.82) is 0 Å². The van der Waals surface area contributed by atoms with Crippen LogP contribution < -0.4 is 4.74 Å². The van der Waals surface area contributed by atoms with Crippen molar-refractivity contribution < 1.29 is 4.74 Å². The topological polar surface area (TPSA) is 9.23 Å². The van der Waals surface area contributed by atoms with Crippen LogP contribution in [-0.2, 0) is 6.42 Å². The molecule has 0 saturated carbocycles. The number of fused-ring (bicyclic) bond motifs is 1. The highest BCUT2D eigenvalue weighted by Gasteiger charge is 2.18. The van der Waals surface area contributed by atoms with Crippen molar-refractivity contribution in [3.63, 3.8) is 0 Å². The van der Waals surface area contributed by atoms with E-state index in [-0.39, 0.29) is 0 Å². The molecular formula is C22H22O. The number of rotatable bonds is 4. The molecule has 1 heteroatoms. The second kappa shape index (κ2) is 6.29. The molecule has 116 valence electrons. The third-order valence-electron chi connectivity index (χ3n) is 4.38. The van der Waals surface area contributed by atoms with Crippen LogP contribution in [0.1, 0.15) is 34.7 Å². The van der Waals surface area contributed by atoms with Crippen molar-refractivity contribution >= 4 is 11.1 Å². The smallest absolute Gasteiger partial charge is 0.127 e. The van der Waals surface area contributed by atoms with Crippen molar-refractivity contribution in [2.75, 3.05) is 7.11 Å². The lowest BCUT2D eigenvalue weighted by molar-refractivity contribution is 0.413. The Morgan fingerprint density at radius 3 is 2.70 bits per heavy atom. The van der Waals surface area contributed by atoms with Gasteiger partial charge in [0.1, 0.15) is 5.75 Å². The van der Waals surface area contributed by atoms with E-state index in [9.17, 15) is 0 Å². The van der Waals surface area contributed by atoms with Gasteiger partial charge < -0.3 is 4.74 Å². The van der Waals surface area contributed by atoms with Crippen LogP contribution >= 0.6 is 0 Å². The molecule has 1 nitrogen and oxygen atoms in total. The predicted octanol–water partition coefficient (Wildman–Crippen LogP) is 5.58. The van der Waals surface area contributed by atoms with Crippen molar-refractivity contribution in [2.45, 2.75) is 20.3 Å². The zero-order chi connectivity index (χ0) is 16.4. The number of aryl methyl sites for hydroxylation is 1. The van der Waals surface area contributed by atoms with E-state index in [0.717, 1.165) is 23.3 Å². The van der Waals surface area contributed by atoms with Gasteiger partial charge in [-0.25, -0.2) is 0 Å². The summed E-state index contributed by atoms with van der Waals surface area (Å²) < 4.78 is 5.69. The van der Waals surface area contributed by atoms with Gasteiger partial charge >= 0.3 is 0 Å². The number of hydrogen-bond donors (Lipinski definition) is 0. The minimum absolute atomic E-state index is 0.918. The van der Waals surface area contributed by atoms with Gasteiger partial charge in [-0.05, 0) is 60.2 Å². The third-order valence-corrected chi connectivity index (χ3v) is 4.38. The normalized spacial score (nSPS) is 13.5. The highest BCUT2D eigenvalue weighted by Crippen LogP contribution is 2.38. The summed E-state index contributed by atoms with van der Waals surface area (Å²) >= 11 is 0. The molecule has 0 unspecified atom stereocenters. The molecule has 0 atom stereocenters. The maximum Gasteiger partial charge on any atom is 0.127 e. The number of methoxy groups -OCH3 is 1. The first kappa shape index (κ1) is 15.4. The highest BCUT2D eigenvalue weighted by molar-refractivity contribution is 5.87. The van der Waals surface area contributed by atoms with Gasteiger partial charge in [0, 0.05) is 5.56 Å². The lowest BCUT2D eigenvalue weighted by Crippen LogP contribution is -1.97. The largest absolute Gasteiger partial charge is 0.496 e. The van der Waals surface area contributed by atoms with E-state index in [2.05, 4.69) is 69.0 Å². The Hall–Kier alpha value is -2.54. The van der Waals surface area contributed by atoms with Crippen molar-refractivity contribution in [1.82, 2.24) is 0 Å². The molecule has 0 heterocycles. The van der Waals surface area contributed by atoms with Crippen LogP contribution in [0.5, 0.6) is 5.75 Å². The standard InChI is InChI=1S/C22H22O/c1-5-7-19(17-9-6-8-15(2)12-17)21-14-20-16(3)10-11-18(20)13-22(21)23-4/h5-10,12-14H,1,11H2,2-4H3/b19-7-. The Balaban J connectivity index is 2.21. The molecule has 3 rings (SSSR count). The summed E-state index contributed by atoms with van der Waals surface area (Å²) in [6.07, 6.45) is 7.17. The quantitative estimate of drug-likeness (QED) is 0.670. The third kappa shape index (κ3) is 2.87. The van der Waals surface area contributed by atoms with Gasteiger partial charge in [-0.15, -0.1) is 0 Å². The average molecular weight is 302 g/mol. The fourth-order valence-electron chi connectivity index (χ4n) is 3.18. The molecule has 0 N–H and O–H groups in total. The number of benzene rings is 2. The average Bonchev–Trinajstić information content (AvgIpc) is 2.92. The molecule has 0 bridgehead atoms. The molecule has 0 aromatic heterocycles. The van der Waals surface area contributed by atoms with E-state index in [1.165, 1.54) is 27.8 Å². The predicted molar refractivity (Wildman–Crippen MR) is 98.8 cm³/mol. The maximum atomic E-state index is 5.69. The van der Waals surface area contributed by atoms with Crippen LogP contribution in [-0.4, -0.2) is 7.11 Å². The Morgan fingerprint density at radius 1 is 1.17 bits per heavy atom. The van der Waals surface area contributed by atoms with Gasteiger partial charge in [0.25, 0.3) is 0 Å². The molecule has 1 aliphatic carbocycles. The molecule has 1 aliphatic rings. The van der Waals surface area contributed by atoms with Crippen LogP contribution in [0.4, 0.5) is 0 Å². The number of ether oxygens (including phenoxy) is 1. The van der Waals surface area contributed by atoms with E-state index in [1.807, 2.05) is 6.08 Å². The van der Waals surface area contributed by atoms with Crippen LogP contribution in [0.15, 0.2) is 61.2 Å². The zero-order valence-corrected chi connectivity index (χ0v) is 14.0. The molecule has 0 amide bonds. The molecular weight excluding hydrogens is 280 g/mol. The van der Waals surface area contributed by atoms with Gasteiger partial charge in [0.15, 0.2) is 0 Å². The molecule has 23 heavy (non-hydrogen) atoms. The second-order valence-corrected chi connectivity index (χ2v) is 5.99. The van der Waals surface area contributed by atoms with Gasteiger partial charge in [-0.2, -0.15) is 0 Å².